The molecule has 3 aromatic rings. The Hall–Kier alpha value is -2.23. The highest BCUT2D eigenvalue weighted by Crippen LogP contribution is 2.32. The molecule has 0 atom stereocenters. The molecule has 1 fully saturated rings. The fourth-order valence-electron chi connectivity index (χ4n) is 3.53. The van der Waals surface area contributed by atoms with Crippen LogP contribution in [0.1, 0.15) is 24.4 Å². The zero-order valence-corrected chi connectivity index (χ0v) is 17.7. The molecule has 2 heterocycles. The third kappa shape index (κ3) is 4.68. The molecule has 9 heteroatoms. The predicted molar refractivity (Wildman–Crippen MR) is 110 cm³/mol. The molecular weight excluding hydrogens is 390 g/mol. The summed E-state index contributed by atoms with van der Waals surface area (Å²) in [5, 5.41) is 0.161. The highest BCUT2D eigenvalue weighted by molar-refractivity contribution is 7.91. The number of aromatic amines is 1. The number of rotatable bonds is 10. The Labute approximate surface area is 170 Å². The van der Waals surface area contributed by atoms with Crippen LogP contribution in [0.2, 0.25) is 0 Å². The second-order valence-electron chi connectivity index (χ2n) is 7.77. The Kier molecular flexibility index (Phi) is 5.71. The maximum atomic E-state index is 12.8. The van der Waals surface area contributed by atoms with Gasteiger partial charge in [-0.1, -0.05) is 12.1 Å². The van der Waals surface area contributed by atoms with Gasteiger partial charge in [-0.2, -0.15) is 0 Å². The van der Waals surface area contributed by atoms with Crippen LogP contribution in [0.15, 0.2) is 35.6 Å². The van der Waals surface area contributed by atoms with Crippen molar-refractivity contribution in [2.75, 3.05) is 26.5 Å². The third-order valence-electron chi connectivity index (χ3n) is 5.14. The van der Waals surface area contributed by atoms with Crippen molar-refractivity contribution in [2.24, 2.45) is 5.92 Å². The summed E-state index contributed by atoms with van der Waals surface area (Å²) in [7, 11) is 0.209. The van der Waals surface area contributed by atoms with Crippen molar-refractivity contribution in [2.45, 2.75) is 37.6 Å². The quantitative estimate of drug-likeness (QED) is 0.544. The van der Waals surface area contributed by atoms with Gasteiger partial charge in [-0.3, -0.25) is 4.90 Å². The molecule has 4 rings (SSSR count). The molecule has 0 unspecified atom stereocenters. The number of ether oxygens (including phenoxy) is 1. The van der Waals surface area contributed by atoms with Crippen LogP contribution in [-0.4, -0.2) is 59.4 Å². The molecule has 0 amide bonds. The number of sulfone groups is 1. The summed E-state index contributed by atoms with van der Waals surface area (Å²) in [5.41, 5.74) is 2.80. The zero-order chi connectivity index (χ0) is 20.4. The smallest absolute Gasteiger partial charge is 0.227 e. The van der Waals surface area contributed by atoms with Crippen LogP contribution >= 0.6 is 0 Å². The van der Waals surface area contributed by atoms with Gasteiger partial charge in [0.1, 0.15) is 5.82 Å². The number of nitrogens with one attached hydrogen (secondary N) is 1. The van der Waals surface area contributed by atoms with Crippen LogP contribution in [0.4, 0.5) is 0 Å². The average molecular weight is 418 g/mol. The number of fused-ring (bicyclic) bond motifs is 1. The van der Waals surface area contributed by atoms with Gasteiger partial charge >= 0.3 is 0 Å². The monoisotopic (exact) mass is 417 g/mol. The number of para-hydroxylation sites is 2. The molecule has 1 saturated carbocycles. The standard InChI is InChI=1S/C20H27N5O3S/c1-24(13-19-22-17-5-3-4-6-18(17)23-19)12-16-11-21-20(25(16)9-10-28-2)29(26,27)14-15-7-8-15/h3-6,11,15H,7-10,12-14H2,1-2H3,(H,22,23). The van der Waals surface area contributed by atoms with Gasteiger partial charge < -0.3 is 14.3 Å². The molecule has 1 aliphatic carbocycles. The van der Waals surface area contributed by atoms with Crippen molar-refractivity contribution in [3.63, 3.8) is 0 Å². The van der Waals surface area contributed by atoms with E-state index in [0.717, 1.165) is 35.4 Å². The first-order chi connectivity index (χ1) is 14.0. The topological polar surface area (TPSA) is 93.1 Å². The van der Waals surface area contributed by atoms with Gasteiger partial charge in [0.25, 0.3) is 0 Å². The van der Waals surface area contributed by atoms with E-state index in [1.165, 1.54) is 0 Å². The maximum Gasteiger partial charge on any atom is 0.227 e. The average Bonchev–Trinajstić information content (AvgIpc) is 3.23. The van der Waals surface area contributed by atoms with Crippen LogP contribution in [0.25, 0.3) is 11.0 Å². The summed E-state index contributed by atoms with van der Waals surface area (Å²) >= 11 is 0. The molecule has 1 aromatic carbocycles. The first-order valence-corrected chi connectivity index (χ1v) is 11.5. The largest absolute Gasteiger partial charge is 0.383 e. The number of methoxy groups -OCH3 is 1. The van der Waals surface area contributed by atoms with Gasteiger partial charge in [-0.15, -0.1) is 0 Å². The van der Waals surface area contributed by atoms with E-state index in [1.807, 2.05) is 31.3 Å². The molecule has 2 aromatic heterocycles. The molecule has 0 spiro atoms. The number of hydrogen-bond acceptors (Lipinski definition) is 6. The van der Waals surface area contributed by atoms with Gasteiger partial charge in [0.2, 0.25) is 15.0 Å². The summed E-state index contributed by atoms with van der Waals surface area (Å²) in [4.78, 5) is 14.3. The summed E-state index contributed by atoms with van der Waals surface area (Å²) < 4.78 is 32.6. The first-order valence-electron chi connectivity index (χ1n) is 9.84. The molecule has 0 aliphatic heterocycles. The van der Waals surface area contributed by atoms with E-state index in [4.69, 9.17) is 4.74 Å². The zero-order valence-electron chi connectivity index (χ0n) is 16.8. The van der Waals surface area contributed by atoms with E-state index in [2.05, 4.69) is 19.9 Å². The lowest BCUT2D eigenvalue weighted by Gasteiger charge is -2.17. The summed E-state index contributed by atoms with van der Waals surface area (Å²) in [6.45, 7) is 2.08. The van der Waals surface area contributed by atoms with Gasteiger partial charge in [0, 0.05) is 20.2 Å². The SMILES string of the molecule is COCCn1c(CN(C)Cc2nc3ccccc3[nH]2)cnc1S(=O)(=O)CC1CC1. The van der Waals surface area contributed by atoms with Crippen molar-refractivity contribution in [3.05, 3.63) is 42.0 Å². The molecule has 29 heavy (non-hydrogen) atoms. The minimum Gasteiger partial charge on any atom is -0.383 e. The number of H-pyrrole nitrogens is 1. The van der Waals surface area contributed by atoms with E-state index >= 15 is 0 Å². The van der Waals surface area contributed by atoms with Crippen molar-refractivity contribution in [1.82, 2.24) is 24.4 Å². The van der Waals surface area contributed by atoms with Crippen LogP contribution in [-0.2, 0) is 34.2 Å². The second kappa shape index (κ2) is 8.25. The lowest BCUT2D eigenvalue weighted by molar-refractivity contribution is 0.181. The minimum absolute atomic E-state index is 0.161. The number of benzene rings is 1. The Morgan fingerprint density at radius 2 is 2.07 bits per heavy atom. The number of nitrogens with zero attached hydrogens (tertiary/aromatic N) is 4. The summed E-state index contributed by atoms with van der Waals surface area (Å²) in [6.07, 6.45) is 3.65. The Bertz CT molecular complexity index is 1050. The number of imidazole rings is 2. The van der Waals surface area contributed by atoms with Crippen molar-refractivity contribution < 1.29 is 13.2 Å². The van der Waals surface area contributed by atoms with Gasteiger partial charge in [0.15, 0.2) is 0 Å². The van der Waals surface area contributed by atoms with E-state index in [1.54, 1.807) is 17.9 Å². The van der Waals surface area contributed by atoms with Gasteiger partial charge in [-0.25, -0.2) is 18.4 Å². The van der Waals surface area contributed by atoms with E-state index in [0.29, 0.717) is 26.2 Å². The Balaban J connectivity index is 1.51. The lowest BCUT2D eigenvalue weighted by atomic mass is 10.3. The molecule has 1 aliphatic rings. The predicted octanol–water partition coefficient (Wildman–Crippen LogP) is 2.22. The molecule has 8 nitrogen and oxygen atoms in total. The lowest BCUT2D eigenvalue weighted by Crippen LogP contribution is -2.23. The third-order valence-corrected chi connectivity index (χ3v) is 6.93. The molecular formula is C20H27N5O3S. The van der Waals surface area contributed by atoms with E-state index < -0.39 is 9.84 Å². The van der Waals surface area contributed by atoms with Crippen molar-refractivity contribution >= 4 is 20.9 Å². The highest BCUT2D eigenvalue weighted by atomic mass is 32.2. The van der Waals surface area contributed by atoms with Crippen LogP contribution in [0.3, 0.4) is 0 Å². The second-order valence-corrected chi connectivity index (χ2v) is 9.70. The van der Waals surface area contributed by atoms with Gasteiger partial charge in [-0.05, 0) is 37.9 Å². The Morgan fingerprint density at radius 1 is 1.28 bits per heavy atom. The normalized spacial score (nSPS) is 14.9. The molecule has 0 bridgehead atoms. The maximum absolute atomic E-state index is 12.8. The summed E-state index contributed by atoms with van der Waals surface area (Å²) in [6, 6.07) is 7.93. The van der Waals surface area contributed by atoms with E-state index in [9.17, 15) is 8.42 Å². The van der Waals surface area contributed by atoms with E-state index in [-0.39, 0.29) is 16.8 Å². The molecule has 1 N–H and O–H groups in total. The van der Waals surface area contributed by atoms with Crippen LogP contribution in [0, 0.1) is 5.92 Å². The van der Waals surface area contributed by atoms with Gasteiger partial charge in [0.05, 0.1) is 41.8 Å². The van der Waals surface area contributed by atoms with Crippen molar-refractivity contribution in [1.29, 1.82) is 0 Å². The summed E-state index contributed by atoms with van der Waals surface area (Å²) in [5.74, 6) is 1.34. The number of hydrogen-bond donors (Lipinski definition) is 1. The van der Waals surface area contributed by atoms with Crippen LogP contribution < -0.4 is 0 Å². The molecule has 0 saturated heterocycles. The van der Waals surface area contributed by atoms with Crippen molar-refractivity contribution in [3.8, 4) is 0 Å². The minimum atomic E-state index is -3.39. The van der Waals surface area contributed by atoms with Crippen LogP contribution in [0.5, 0.6) is 0 Å². The number of aromatic nitrogens is 4. The fraction of sp³-hybridized carbons (Fsp3) is 0.500. The molecule has 0 radical (unpaired) electrons. The first kappa shape index (κ1) is 20.1. The molecule has 156 valence electrons. The fourth-order valence-corrected chi connectivity index (χ4v) is 5.39. The highest BCUT2D eigenvalue weighted by Gasteiger charge is 2.32. The Morgan fingerprint density at radius 3 is 2.79 bits per heavy atom.